The van der Waals surface area contributed by atoms with Crippen molar-refractivity contribution >= 4 is 5.97 Å². The second kappa shape index (κ2) is 5.69. The molecule has 1 aromatic heterocycles. The van der Waals surface area contributed by atoms with Gasteiger partial charge in [-0.3, -0.25) is 9.69 Å². The Morgan fingerprint density at radius 3 is 2.76 bits per heavy atom. The van der Waals surface area contributed by atoms with Crippen LogP contribution in [0.3, 0.4) is 0 Å². The number of likely N-dealkylation sites (tertiary alicyclic amines) is 1. The Kier molecular flexibility index (Phi) is 3.75. The van der Waals surface area contributed by atoms with Gasteiger partial charge in [0, 0.05) is 5.56 Å². The smallest absolute Gasteiger partial charge is 0.320 e. The van der Waals surface area contributed by atoms with Crippen molar-refractivity contribution in [3.05, 3.63) is 48.0 Å². The zero-order chi connectivity index (χ0) is 14.8. The van der Waals surface area contributed by atoms with Gasteiger partial charge in [-0.2, -0.15) is 0 Å². The number of rotatable bonds is 4. The number of benzene rings is 1. The van der Waals surface area contributed by atoms with Crippen LogP contribution < -0.4 is 0 Å². The van der Waals surface area contributed by atoms with Crippen molar-refractivity contribution in [2.75, 3.05) is 6.54 Å². The van der Waals surface area contributed by atoms with Crippen molar-refractivity contribution in [1.29, 1.82) is 0 Å². The molecule has 0 saturated carbocycles. The molecule has 0 spiro atoms. The van der Waals surface area contributed by atoms with Crippen LogP contribution in [0, 0.1) is 5.82 Å². The molecule has 1 fully saturated rings. The lowest BCUT2D eigenvalue weighted by molar-refractivity contribution is -0.142. The predicted octanol–water partition coefficient (Wildman–Crippen LogP) is 3.13. The molecule has 2 aromatic rings. The van der Waals surface area contributed by atoms with Gasteiger partial charge in [-0.1, -0.05) is 0 Å². The molecule has 2 heterocycles. The minimum Gasteiger partial charge on any atom is -0.480 e. The fourth-order valence-corrected chi connectivity index (χ4v) is 2.73. The van der Waals surface area contributed by atoms with E-state index in [9.17, 15) is 9.18 Å². The van der Waals surface area contributed by atoms with Gasteiger partial charge in [0.1, 0.15) is 23.4 Å². The number of carboxylic acid groups (broad SMARTS) is 1. The van der Waals surface area contributed by atoms with E-state index in [1.165, 1.54) is 12.1 Å². The highest BCUT2D eigenvalue weighted by Gasteiger charge is 2.30. The van der Waals surface area contributed by atoms with E-state index < -0.39 is 12.0 Å². The van der Waals surface area contributed by atoms with Gasteiger partial charge in [-0.15, -0.1) is 0 Å². The van der Waals surface area contributed by atoms with Crippen LogP contribution in [0.1, 0.15) is 18.6 Å². The summed E-state index contributed by atoms with van der Waals surface area (Å²) in [6.45, 7) is 1.25. The molecular weight excluding hydrogens is 273 g/mol. The summed E-state index contributed by atoms with van der Waals surface area (Å²) in [7, 11) is 0. The van der Waals surface area contributed by atoms with Gasteiger partial charge in [0.15, 0.2) is 0 Å². The summed E-state index contributed by atoms with van der Waals surface area (Å²) >= 11 is 0. The zero-order valence-electron chi connectivity index (χ0n) is 11.5. The molecule has 0 unspecified atom stereocenters. The molecule has 1 atom stereocenters. The SMILES string of the molecule is O=C(O)[C@H]1CCCN1Cc1ccc(-c2ccc(F)cc2)o1. The molecule has 1 aromatic carbocycles. The van der Waals surface area contributed by atoms with Crippen LogP contribution >= 0.6 is 0 Å². The summed E-state index contributed by atoms with van der Waals surface area (Å²) in [5.74, 6) is 0.322. The van der Waals surface area contributed by atoms with E-state index in [2.05, 4.69) is 0 Å². The third-order valence-corrected chi connectivity index (χ3v) is 3.80. The summed E-state index contributed by atoms with van der Waals surface area (Å²) in [6.07, 6.45) is 1.57. The number of carboxylic acids is 1. The van der Waals surface area contributed by atoms with Gasteiger partial charge in [0.05, 0.1) is 6.54 Å². The van der Waals surface area contributed by atoms with E-state index in [0.29, 0.717) is 18.7 Å². The maximum absolute atomic E-state index is 12.9. The molecule has 0 amide bonds. The van der Waals surface area contributed by atoms with E-state index in [-0.39, 0.29) is 5.82 Å². The molecule has 1 N–H and O–H groups in total. The Bertz CT molecular complexity index is 635. The predicted molar refractivity (Wildman–Crippen MR) is 75.2 cm³/mol. The number of furan rings is 1. The topological polar surface area (TPSA) is 53.7 Å². The third-order valence-electron chi connectivity index (χ3n) is 3.80. The fourth-order valence-electron chi connectivity index (χ4n) is 2.73. The van der Waals surface area contributed by atoms with Gasteiger partial charge < -0.3 is 9.52 Å². The van der Waals surface area contributed by atoms with Crippen molar-refractivity contribution in [2.45, 2.75) is 25.4 Å². The quantitative estimate of drug-likeness (QED) is 0.939. The first-order valence-electron chi connectivity index (χ1n) is 6.95. The van der Waals surface area contributed by atoms with Crippen LogP contribution in [0.2, 0.25) is 0 Å². The molecule has 4 nitrogen and oxygen atoms in total. The molecule has 3 rings (SSSR count). The molecular formula is C16H16FNO3. The van der Waals surface area contributed by atoms with Crippen LogP contribution in [-0.2, 0) is 11.3 Å². The van der Waals surface area contributed by atoms with Crippen molar-refractivity contribution in [1.82, 2.24) is 4.90 Å². The highest BCUT2D eigenvalue weighted by molar-refractivity contribution is 5.73. The van der Waals surface area contributed by atoms with Gasteiger partial charge in [0.25, 0.3) is 0 Å². The molecule has 5 heteroatoms. The highest BCUT2D eigenvalue weighted by atomic mass is 19.1. The average Bonchev–Trinajstić information content (AvgIpc) is 3.09. The molecule has 0 radical (unpaired) electrons. The van der Waals surface area contributed by atoms with E-state index in [1.54, 1.807) is 12.1 Å². The Hall–Kier alpha value is -2.14. The van der Waals surface area contributed by atoms with Gasteiger partial charge in [-0.25, -0.2) is 4.39 Å². The molecule has 110 valence electrons. The van der Waals surface area contributed by atoms with Crippen molar-refractivity contribution in [2.24, 2.45) is 0 Å². The van der Waals surface area contributed by atoms with E-state index in [4.69, 9.17) is 9.52 Å². The lowest BCUT2D eigenvalue weighted by Gasteiger charge is -2.19. The van der Waals surface area contributed by atoms with Gasteiger partial charge in [0.2, 0.25) is 0 Å². The number of aliphatic carboxylic acids is 1. The number of carbonyl (C=O) groups is 1. The molecule has 1 aliphatic heterocycles. The zero-order valence-corrected chi connectivity index (χ0v) is 11.5. The van der Waals surface area contributed by atoms with Crippen LogP contribution in [0.4, 0.5) is 4.39 Å². The van der Waals surface area contributed by atoms with E-state index in [1.807, 2.05) is 17.0 Å². The van der Waals surface area contributed by atoms with Crippen molar-refractivity contribution < 1.29 is 18.7 Å². The van der Waals surface area contributed by atoms with Crippen LogP contribution in [-0.4, -0.2) is 28.6 Å². The lowest BCUT2D eigenvalue weighted by atomic mass is 10.2. The largest absolute Gasteiger partial charge is 0.480 e. The first-order chi connectivity index (χ1) is 10.1. The number of hydrogen-bond acceptors (Lipinski definition) is 3. The van der Waals surface area contributed by atoms with Gasteiger partial charge >= 0.3 is 5.97 Å². The summed E-state index contributed by atoms with van der Waals surface area (Å²) in [5.41, 5.74) is 0.804. The second-order valence-electron chi connectivity index (χ2n) is 5.24. The van der Waals surface area contributed by atoms with Gasteiger partial charge in [-0.05, 0) is 55.8 Å². The first-order valence-corrected chi connectivity index (χ1v) is 6.95. The summed E-state index contributed by atoms with van der Waals surface area (Å²) in [5, 5.41) is 9.16. The maximum atomic E-state index is 12.9. The molecule has 0 aliphatic carbocycles. The normalized spacial score (nSPS) is 19.0. The summed E-state index contributed by atoms with van der Waals surface area (Å²) < 4.78 is 18.6. The maximum Gasteiger partial charge on any atom is 0.320 e. The standard InChI is InChI=1S/C16H16FNO3/c17-12-5-3-11(4-6-12)15-8-7-13(21-15)10-18-9-1-2-14(18)16(19)20/h3-8,14H,1-2,9-10H2,(H,19,20)/t14-/m1/s1. The van der Waals surface area contributed by atoms with E-state index in [0.717, 1.165) is 24.3 Å². The van der Waals surface area contributed by atoms with Crippen LogP contribution in [0.15, 0.2) is 40.8 Å². The number of hydrogen-bond donors (Lipinski definition) is 1. The third kappa shape index (κ3) is 2.97. The Morgan fingerprint density at radius 2 is 2.05 bits per heavy atom. The molecule has 21 heavy (non-hydrogen) atoms. The van der Waals surface area contributed by atoms with Crippen molar-refractivity contribution in [3.63, 3.8) is 0 Å². The Labute approximate surface area is 121 Å². The summed E-state index contributed by atoms with van der Waals surface area (Å²) in [6, 6.07) is 9.34. The van der Waals surface area contributed by atoms with Crippen LogP contribution in [0.25, 0.3) is 11.3 Å². The minimum absolute atomic E-state index is 0.285. The Morgan fingerprint density at radius 1 is 1.29 bits per heavy atom. The number of nitrogens with zero attached hydrogens (tertiary/aromatic N) is 1. The fraction of sp³-hybridized carbons (Fsp3) is 0.312. The van der Waals surface area contributed by atoms with E-state index >= 15 is 0 Å². The Balaban J connectivity index is 1.73. The first kappa shape index (κ1) is 13.8. The average molecular weight is 289 g/mol. The minimum atomic E-state index is -0.780. The highest BCUT2D eigenvalue weighted by Crippen LogP contribution is 2.25. The van der Waals surface area contributed by atoms with Crippen molar-refractivity contribution in [3.8, 4) is 11.3 Å². The molecule has 1 saturated heterocycles. The monoisotopic (exact) mass is 289 g/mol. The van der Waals surface area contributed by atoms with Crippen LogP contribution in [0.5, 0.6) is 0 Å². The number of halogens is 1. The second-order valence-corrected chi connectivity index (χ2v) is 5.24. The molecule has 1 aliphatic rings. The lowest BCUT2D eigenvalue weighted by Crippen LogP contribution is -2.35. The molecule has 0 bridgehead atoms. The summed E-state index contributed by atoms with van der Waals surface area (Å²) in [4.78, 5) is 13.1.